The minimum Gasteiger partial charge on any atom is -0.342 e. The third-order valence-electron chi connectivity index (χ3n) is 7.95. The van der Waals surface area contributed by atoms with Crippen LogP contribution in [0.2, 0.25) is 0 Å². The summed E-state index contributed by atoms with van der Waals surface area (Å²) < 4.78 is 0. The largest absolute Gasteiger partial charge is 0.342 e. The third-order valence-corrected chi connectivity index (χ3v) is 8.29. The molecule has 3 fully saturated rings. The Morgan fingerprint density at radius 1 is 1.00 bits per heavy atom. The van der Waals surface area contributed by atoms with Crippen molar-refractivity contribution in [1.82, 2.24) is 9.80 Å². The molecule has 0 saturated carbocycles. The molecule has 2 aromatic carbocycles. The second-order valence-electron chi connectivity index (χ2n) is 9.66. The highest BCUT2D eigenvalue weighted by Gasteiger charge is 2.46. The maximum absolute atomic E-state index is 6.02. The Labute approximate surface area is 185 Å². The smallest absolute Gasteiger partial charge is 0.173 e. The summed E-state index contributed by atoms with van der Waals surface area (Å²) in [5.41, 5.74) is 2.80. The molecule has 6 rings (SSSR count). The monoisotopic (exact) mass is 417 g/mol. The molecule has 3 nitrogen and oxygen atoms in total. The summed E-state index contributed by atoms with van der Waals surface area (Å²) in [6.07, 6.45) is 10.7. The topological polar surface area (TPSA) is 18.5 Å². The lowest BCUT2D eigenvalue weighted by atomic mass is 9.68. The summed E-state index contributed by atoms with van der Waals surface area (Å²) in [6.45, 7) is 3.63. The quantitative estimate of drug-likeness (QED) is 0.492. The normalized spacial score (nSPS) is 30.9. The van der Waals surface area contributed by atoms with Gasteiger partial charge in [-0.3, -0.25) is 4.90 Å². The Morgan fingerprint density at radius 2 is 1.90 bits per heavy atom. The zero-order valence-electron chi connectivity index (χ0n) is 17.6. The van der Waals surface area contributed by atoms with Crippen LogP contribution in [-0.2, 0) is 0 Å². The predicted octanol–water partition coefficient (Wildman–Crippen LogP) is 5.43. The standard InChI is InChI=1S/C26H31N3S/c30-26(27-23-11-5-8-18-7-1-2-10-22(18)23)29-14-6-9-19-15-20-16-21(25(19)29)17-28-13-4-3-12-24(20)28/h1-2,5,7-8,10-11,15,20-21,24-25H,3-4,6,9,12-14,16-17H2,(H,27,30)/t20-,21+,24-,25-/m1/s1. The van der Waals surface area contributed by atoms with Gasteiger partial charge in [-0.15, -0.1) is 0 Å². The van der Waals surface area contributed by atoms with Crippen molar-refractivity contribution in [2.45, 2.75) is 50.6 Å². The van der Waals surface area contributed by atoms with Gasteiger partial charge in [-0.25, -0.2) is 0 Å². The van der Waals surface area contributed by atoms with Crippen LogP contribution in [0.1, 0.15) is 38.5 Å². The molecule has 2 bridgehead atoms. The van der Waals surface area contributed by atoms with Crippen LogP contribution in [0, 0.1) is 11.8 Å². The van der Waals surface area contributed by atoms with Crippen LogP contribution in [-0.4, -0.2) is 46.6 Å². The predicted molar refractivity (Wildman–Crippen MR) is 129 cm³/mol. The fraction of sp³-hybridized carbons (Fsp3) is 0.500. The number of fused-ring (bicyclic) bond motifs is 7. The van der Waals surface area contributed by atoms with Crippen molar-refractivity contribution in [1.29, 1.82) is 0 Å². The Kier molecular flexibility index (Phi) is 4.80. The van der Waals surface area contributed by atoms with Crippen molar-refractivity contribution in [3.8, 4) is 0 Å². The van der Waals surface area contributed by atoms with Crippen LogP contribution < -0.4 is 5.32 Å². The number of likely N-dealkylation sites (tertiary alicyclic amines) is 1. The van der Waals surface area contributed by atoms with Gasteiger partial charge in [0.25, 0.3) is 0 Å². The van der Waals surface area contributed by atoms with Crippen LogP contribution in [0.5, 0.6) is 0 Å². The molecule has 4 atom stereocenters. The lowest BCUT2D eigenvalue weighted by molar-refractivity contribution is 0.0132. The summed E-state index contributed by atoms with van der Waals surface area (Å²) in [6, 6.07) is 16.3. The molecule has 3 aliphatic heterocycles. The molecule has 4 aliphatic rings. The van der Waals surface area contributed by atoms with Gasteiger partial charge in [0.05, 0.1) is 6.04 Å². The Hall–Kier alpha value is -1.91. The van der Waals surface area contributed by atoms with Crippen LogP contribution in [0.4, 0.5) is 5.69 Å². The highest BCUT2D eigenvalue weighted by molar-refractivity contribution is 7.80. The average molecular weight is 418 g/mol. The molecule has 0 aromatic heterocycles. The van der Waals surface area contributed by atoms with Gasteiger partial charge in [-0.1, -0.05) is 54.5 Å². The lowest BCUT2D eigenvalue weighted by Crippen LogP contribution is -2.60. The molecule has 0 amide bonds. The minimum absolute atomic E-state index is 0.493. The number of thiocarbonyl (C=S) groups is 1. The SMILES string of the molecule is S=C(Nc1cccc2ccccc12)N1CCCC2=C[C@@H]3C[C@@H](CN4CCCC[C@H]34)[C@@H]21. The summed E-state index contributed by atoms with van der Waals surface area (Å²) in [4.78, 5) is 5.33. The maximum atomic E-state index is 6.02. The lowest BCUT2D eigenvalue weighted by Gasteiger charge is -2.55. The van der Waals surface area contributed by atoms with Crippen LogP contribution in [0.25, 0.3) is 10.8 Å². The van der Waals surface area contributed by atoms with E-state index in [1.165, 1.54) is 62.4 Å². The molecule has 2 aromatic rings. The van der Waals surface area contributed by atoms with E-state index in [1.807, 2.05) is 0 Å². The molecule has 0 spiro atoms. The summed E-state index contributed by atoms with van der Waals surface area (Å²) in [7, 11) is 0. The van der Waals surface area contributed by atoms with Crippen LogP contribution in [0.15, 0.2) is 54.1 Å². The molecule has 30 heavy (non-hydrogen) atoms. The minimum atomic E-state index is 0.493. The molecule has 0 unspecified atom stereocenters. The molecule has 3 heterocycles. The van der Waals surface area contributed by atoms with E-state index in [0.717, 1.165) is 35.2 Å². The van der Waals surface area contributed by atoms with Gasteiger partial charge >= 0.3 is 0 Å². The molecule has 3 saturated heterocycles. The van der Waals surface area contributed by atoms with Gasteiger partial charge in [-0.2, -0.15) is 0 Å². The van der Waals surface area contributed by atoms with E-state index in [4.69, 9.17) is 12.2 Å². The average Bonchev–Trinajstić information content (AvgIpc) is 2.79. The first kappa shape index (κ1) is 18.8. The molecule has 1 N–H and O–H groups in total. The first-order chi connectivity index (χ1) is 14.8. The van der Waals surface area contributed by atoms with Crippen LogP contribution >= 0.6 is 12.2 Å². The van der Waals surface area contributed by atoms with E-state index in [-0.39, 0.29) is 0 Å². The highest BCUT2D eigenvalue weighted by atomic mass is 32.1. The summed E-state index contributed by atoms with van der Waals surface area (Å²) >= 11 is 6.02. The fourth-order valence-electron chi connectivity index (χ4n) is 6.72. The first-order valence-corrected chi connectivity index (χ1v) is 12.2. The number of anilines is 1. The van der Waals surface area contributed by atoms with Gasteiger partial charge in [0, 0.05) is 30.2 Å². The molecular weight excluding hydrogens is 386 g/mol. The van der Waals surface area contributed by atoms with Crippen molar-refractivity contribution in [3.05, 3.63) is 54.1 Å². The first-order valence-electron chi connectivity index (χ1n) is 11.8. The number of piperidine rings is 3. The van der Waals surface area contributed by atoms with E-state index in [1.54, 1.807) is 5.57 Å². The zero-order chi connectivity index (χ0) is 20.1. The third kappa shape index (κ3) is 3.16. The van der Waals surface area contributed by atoms with Crippen molar-refractivity contribution < 1.29 is 0 Å². The highest BCUT2D eigenvalue weighted by Crippen LogP contribution is 2.45. The van der Waals surface area contributed by atoms with E-state index < -0.39 is 0 Å². The second kappa shape index (κ2) is 7.65. The fourth-order valence-corrected chi connectivity index (χ4v) is 7.04. The zero-order valence-corrected chi connectivity index (χ0v) is 18.4. The Bertz CT molecular complexity index is 993. The van der Waals surface area contributed by atoms with Crippen LogP contribution in [0.3, 0.4) is 0 Å². The maximum Gasteiger partial charge on any atom is 0.173 e. The molecule has 156 valence electrons. The second-order valence-corrected chi connectivity index (χ2v) is 10.0. The van der Waals surface area contributed by atoms with Crippen molar-refractivity contribution >= 4 is 33.8 Å². The van der Waals surface area contributed by atoms with Crippen molar-refractivity contribution in [2.75, 3.05) is 25.0 Å². The number of nitrogens with zero attached hydrogens (tertiary/aromatic N) is 2. The Balaban J connectivity index is 1.28. The van der Waals surface area contributed by atoms with Crippen molar-refractivity contribution in [3.63, 3.8) is 0 Å². The Morgan fingerprint density at radius 3 is 2.87 bits per heavy atom. The van der Waals surface area contributed by atoms with E-state index in [9.17, 15) is 0 Å². The van der Waals surface area contributed by atoms with Gasteiger partial charge in [0.15, 0.2) is 5.11 Å². The van der Waals surface area contributed by atoms with E-state index in [0.29, 0.717) is 6.04 Å². The molecule has 0 radical (unpaired) electrons. The van der Waals surface area contributed by atoms with Gasteiger partial charge < -0.3 is 10.2 Å². The number of benzene rings is 2. The van der Waals surface area contributed by atoms with E-state index >= 15 is 0 Å². The van der Waals surface area contributed by atoms with E-state index in [2.05, 4.69) is 63.7 Å². The summed E-state index contributed by atoms with van der Waals surface area (Å²) in [5.74, 6) is 1.49. The number of hydrogen-bond donors (Lipinski definition) is 1. The summed E-state index contributed by atoms with van der Waals surface area (Å²) in [5, 5.41) is 7.04. The number of nitrogens with one attached hydrogen (secondary N) is 1. The van der Waals surface area contributed by atoms with Gasteiger partial charge in [0.1, 0.15) is 0 Å². The van der Waals surface area contributed by atoms with Crippen molar-refractivity contribution in [2.24, 2.45) is 11.8 Å². The van der Waals surface area contributed by atoms with Gasteiger partial charge in [0.2, 0.25) is 0 Å². The number of rotatable bonds is 1. The molecule has 4 heteroatoms. The molecule has 1 aliphatic carbocycles. The number of hydrogen-bond acceptors (Lipinski definition) is 2. The molecular formula is C26H31N3S. The van der Waals surface area contributed by atoms with Gasteiger partial charge in [-0.05, 0) is 74.2 Å².